The van der Waals surface area contributed by atoms with Gasteiger partial charge in [-0.15, -0.1) is 12.4 Å². The van der Waals surface area contributed by atoms with Crippen molar-refractivity contribution >= 4 is 12.4 Å². The number of aromatic nitrogens is 2. The standard InChI is InChI=1S/C17H20N4O2.ClH/c18-9-11-21(10-8-14-5-2-1-3-6-14)13-16-19-17(20-23-16)15-7-4-12-22-15;/h1-7,12H,8-11,13,18H2;1H. The van der Waals surface area contributed by atoms with Crippen LogP contribution in [-0.2, 0) is 13.0 Å². The molecule has 6 nitrogen and oxygen atoms in total. The molecule has 0 saturated carbocycles. The molecule has 3 rings (SSSR count). The topological polar surface area (TPSA) is 81.3 Å². The van der Waals surface area contributed by atoms with Gasteiger partial charge in [0, 0.05) is 19.6 Å². The minimum absolute atomic E-state index is 0. The van der Waals surface area contributed by atoms with Crippen molar-refractivity contribution in [2.24, 2.45) is 5.73 Å². The van der Waals surface area contributed by atoms with Gasteiger partial charge < -0.3 is 14.7 Å². The van der Waals surface area contributed by atoms with Gasteiger partial charge in [-0.1, -0.05) is 35.5 Å². The molecule has 0 bridgehead atoms. The van der Waals surface area contributed by atoms with Crippen LogP contribution >= 0.6 is 12.4 Å². The van der Waals surface area contributed by atoms with Crippen LogP contribution in [0.4, 0.5) is 0 Å². The van der Waals surface area contributed by atoms with E-state index in [0.29, 0.717) is 30.6 Å². The SMILES string of the molecule is Cl.NCCN(CCc1ccccc1)Cc1nc(-c2ccco2)no1. The van der Waals surface area contributed by atoms with Gasteiger partial charge in [0.05, 0.1) is 12.8 Å². The molecule has 2 heterocycles. The highest BCUT2D eigenvalue weighted by atomic mass is 35.5. The highest BCUT2D eigenvalue weighted by Crippen LogP contribution is 2.16. The second-order valence-electron chi connectivity index (χ2n) is 5.29. The first-order valence-electron chi connectivity index (χ1n) is 7.68. The van der Waals surface area contributed by atoms with Crippen LogP contribution in [0.5, 0.6) is 0 Å². The molecule has 0 aliphatic heterocycles. The summed E-state index contributed by atoms with van der Waals surface area (Å²) in [6.07, 6.45) is 2.55. The zero-order valence-electron chi connectivity index (χ0n) is 13.3. The number of nitrogens with zero attached hydrogens (tertiary/aromatic N) is 3. The normalized spacial score (nSPS) is 10.8. The van der Waals surface area contributed by atoms with Crippen molar-refractivity contribution in [1.29, 1.82) is 0 Å². The maximum absolute atomic E-state index is 5.71. The van der Waals surface area contributed by atoms with Crippen LogP contribution in [0.1, 0.15) is 11.5 Å². The summed E-state index contributed by atoms with van der Waals surface area (Å²) in [5.74, 6) is 1.65. The summed E-state index contributed by atoms with van der Waals surface area (Å²) >= 11 is 0. The third kappa shape index (κ3) is 4.92. The molecule has 2 aromatic heterocycles. The molecule has 0 aliphatic carbocycles. The highest BCUT2D eigenvalue weighted by molar-refractivity contribution is 5.85. The minimum atomic E-state index is 0. The van der Waals surface area contributed by atoms with E-state index in [4.69, 9.17) is 14.7 Å². The molecular formula is C17H21ClN4O2. The maximum Gasteiger partial charge on any atom is 0.241 e. The minimum Gasteiger partial charge on any atom is -0.461 e. The lowest BCUT2D eigenvalue weighted by Crippen LogP contribution is -2.31. The zero-order valence-corrected chi connectivity index (χ0v) is 14.1. The number of rotatable bonds is 8. The Labute approximate surface area is 147 Å². The molecule has 128 valence electrons. The lowest BCUT2D eigenvalue weighted by atomic mass is 10.1. The third-order valence-corrected chi connectivity index (χ3v) is 3.57. The average Bonchev–Trinajstić information content (AvgIpc) is 3.25. The molecule has 0 fully saturated rings. The Morgan fingerprint density at radius 2 is 1.88 bits per heavy atom. The predicted octanol–water partition coefficient (Wildman–Crippen LogP) is 2.75. The van der Waals surface area contributed by atoms with Gasteiger partial charge in [0.2, 0.25) is 11.7 Å². The number of hydrogen-bond acceptors (Lipinski definition) is 6. The van der Waals surface area contributed by atoms with Gasteiger partial charge in [0.1, 0.15) is 0 Å². The van der Waals surface area contributed by atoms with Crippen molar-refractivity contribution in [3.05, 3.63) is 60.2 Å². The Morgan fingerprint density at radius 3 is 2.58 bits per heavy atom. The van der Waals surface area contributed by atoms with Crippen LogP contribution in [-0.4, -0.2) is 34.7 Å². The van der Waals surface area contributed by atoms with Gasteiger partial charge in [-0.05, 0) is 24.1 Å². The first-order valence-corrected chi connectivity index (χ1v) is 7.68. The Hall–Kier alpha value is -2.15. The molecule has 7 heteroatoms. The van der Waals surface area contributed by atoms with E-state index in [9.17, 15) is 0 Å². The van der Waals surface area contributed by atoms with Gasteiger partial charge in [0.15, 0.2) is 5.76 Å². The summed E-state index contributed by atoms with van der Waals surface area (Å²) < 4.78 is 10.6. The van der Waals surface area contributed by atoms with Gasteiger partial charge in [-0.3, -0.25) is 4.90 Å². The van der Waals surface area contributed by atoms with Crippen LogP contribution in [0, 0.1) is 0 Å². The Kier molecular flexibility index (Phi) is 6.99. The first-order chi connectivity index (χ1) is 11.3. The van der Waals surface area contributed by atoms with Crippen LogP contribution in [0.2, 0.25) is 0 Å². The lowest BCUT2D eigenvalue weighted by molar-refractivity contribution is 0.234. The largest absolute Gasteiger partial charge is 0.461 e. The molecule has 0 aliphatic rings. The number of hydrogen-bond donors (Lipinski definition) is 1. The quantitative estimate of drug-likeness (QED) is 0.674. The average molecular weight is 349 g/mol. The van der Waals surface area contributed by atoms with Gasteiger partial charge >= 0.3 is 0 Å². The summed E-state index contributed by atoms with van der Waals surface area (Å²) in [6, 6.07) is 14.0. The Balaban J connectivity index is 0.00000208. The van der Waals surface area contributed by atoms with E-state index in [1.165, 1.54) is 5.56 Å². The van der Waals surface area contributed by atoms with Crippen LogP contribution < -0.4 is 5.73 Å². The van der Waals surface area contributed by atoms with Gasteiger partial charge in [-0.2, -0.15) is 4.98 Å². The molecule has 3 aromatic rings. The molecule has 0 radical (unpaired) electrons. The Morgan fingerprint density at radius 1 is 1.04 bits per heavy atom. The summed E-state index contributed by atoms with van der Waals surface area (Å²) in [5, 5.41) is 3.95. The number of benzene rings is 1. The van der Waals surface area contributed by atoms with Crippen LogP contribution in [0.3, 0.4) is 0 Å². The molecule has 0 unspecified atom stereocenters. The molecule has 1 aromatic carbocycles. The number of nitrogens with two attached hydrogens (primary N) is 1. The van der Waals surface area contributed by atoms with E-state index in [2.05, 4.69) is 39.3 Å². The highest BCUT2D eigenvalue weighted by Gasteiger charge is 2.14. The van der Waals surface area contributed by atoms with E-state index < -0.39 is 0 Å². The van der Waals surface area contributed by atoms with E-state index in [-0.39, 0.29) is 12.4 Å². The van der Waals surface area contributed by atoms with Crippen molar-refractivity contribution in [1.82, 2.24) is 15.0 Å². The van der Waals surface area contributed by atoms with E-state index in [1.54, 1.807) is 12.3 Å². The fourth-order valence-electron chi connectivity index (χ4n) is 2.40. The number of halogens is 1. The smallest absolute Gasteiger partial charge is 0.241 e. The predicted molar refractivity (Wildman–Crippen MR) is 93.7 cm³/mol. The van der Waals surface area contributed by atoms with Crippen molar-refractivity contribution < 1.29 is 8.94 Å². The van der Waals surface area contributed by atoms with E-state index in [1.807, 2.05) is 12.1 Å². The van der Waals surface area contributed by atoms with Crippen molar-refractivity contribution in [3.63, 3.8) is 0 Å². The zero-order chi connectivity index (χ0) is 15.9. The summed E-state index contributed by atoms with van der Waals surface area (Å²) in [4.78, 5) is 6.59. The molecule has 0 amide bonds. The second-order valence-corrected chi connectivity index (χ2v) is 5.29. The fraction of sp³-hybridized carbons (Fsp3) is 0.294. The molecule has 0 atom stereocenters. The molecule has 0 saturated heterocycles. The van der Waals surface area contributed by atoms with Crippen molar-refractivity contribution in [3.8, 4) is 11.6 Å². The molecule has 0 spiro atoms. The monoisotopic (exact) mass is 348 g/mol. The van der Waals surface area contributed by atoms with Gasteiger partial charge in [-0.25, -0.2) is 0 Å². The lowest BCUT2D eigenvalue weighted by Gasteiger charge is -2.19. The second kappa shape index (κ2) is 9.22. The number of furan rings is 1. The first kappa shape index (κ1) is 18.2. The van der Waals surface area contributed by atoms with Crippen LogP contribution in [0.15, 0.2) is 57.7 Å². The maximum atomic E-state index is 5.71. The van der Waals surface area contributed by atoms with Gasteiger partial charge in [0.25, 0.3) is 0 Å². The summed E-state index contributed by atoms with van der Waals surface area (Å²) in [5.41, 5.74) is 7.01. The Bertz CT molecular complexity index is 700. The summed E-state index contributed by atoms with van der Waals surface area (Å²) in [6.45, 7) is 2.84. The van der Waals surface area contributed by atoms with E-state index in [0.717, 1.165) is 19.5 Å². The van der Waals surface area contributed by atoms with Crippen molar-refractivity contribution in [2.75, 3.05) is 19.6 Å². The summed E-state index contributed by atoms with van der Waals surface area (Å²) in [7, 11) is 0. The molecule has 24 heavy (non-hydrogen) atoms. The molecular weight excluding hydrogens is 328 g/mol. The third-order valence-electron chi connectivity index (χ3n) is 3.57. The molecule has 2 N–H and O–H groups in total. The van der Waals surface area contributed by atoms with E-state index >= 15 is 0 Å². The van der Waals surface area contributed by atoms with Crippen molar-refractivity contribution in [2.45, 2.75) is 13.0 Å². The fourth-order valence-corrected chi connectivity index (χ4v) is 2.40. The van der Waals surface area contributed by atoms with Crippen LogP contribution in [0.25, 0.3) is 11.6 Å².